The Bertz CT molecular complexity index is 790. The molecule has 4 nitrogen and oxygen atoms in total. The number of nitrogen functional groups attached to an aromatic ring is 1. The molecule has 17 heavy (non-hydrogen) atoms. The van der Waals surface area contributed by atoms with E-state index < -0.39 is 5.63 Å². The van der Waals surface area contributed by atoms with Crippen molar-refractivity contribution in [2.75, 3.05) is 5.73 Å². The van der Waals surface area contributed by atoms with Gasteiger partial charge in [-0.3, -0.25) is 0 Å². The van der Waals surface area contributed by atoms with Crippen molar-refractivity contribution in [1.29, 1.82) is 0 Å². The fraction of sp³-hybridized carbons (Fsp3) is 0. The van der Waals surface area contributed by atoms with Gasteiger partial charge in [-0.1, -0.05) is 0 Å². The first-order chi connectivity index (χ1) is 8.15. The summed E-state index contributed by atoms with van der Waals surface area (Å²) < 4.78 is 5.16. The van der Waals surface area contributed by atoms with Gasteiger partial charge >= 0.3 is 5.63 Å². The van der Waals surface area contributed by atoms with Crippen molar-refractivity contribution in [2.45, 2.75) is 0 Å². The number of phenolic OH excluding ortho intramolecular Hbond substituents is 1. The lowest BCUT2D eigenvalue weighted by Crippen LogP contribution is -1.99. The Morgan fingerprint density at radius 2 is 1.76 bits per heavy atom. The van der Waals surface area contributed by atoms with Gasteiger partial charge in [-0.25, -0.2) is 4.79 Å². The molecule has 3 rings (SSSR count). The Morgan fingerprint density at radius 1 is 1.00 bits per heavy atom. The third kappa shape index (κ3) is 1.42. The molecule has 0 spiro atoms. The maximum Gasteiger partial charge on any atom is 0.344 e. The molecule has 0 aliphatic heterocycles. The highest BCUT2D eigenvalue weighted by molar-refractivity contribution is 6.05. The van der Waals surface area contributed by atoms with E-state index in [1.807, 2.05) is 0 Å². The summed E-state index contributed by atoms with van der Waals surface area (Å²) in [4.78, 5) is 11.7. The van der Waals surface area contributed by atoms with Gasteiger partial charge in [0.2, 0.25) is 0 Å². The summed E-state index contributed by atoms with van der Waals surface area (Å²) in [5, 5.41) is 11.3. The van der Waals surface area contributed by atoms with E-state index in [9.17, 15) is 9.90 Å². The number of aromatic hydroxyl groups is 1. The number of hydrogen-bond donors (Lipinski definition) is 2. The summed E-state index contributed by atoms with van der Waals surface area (Å²) in [5.41, 5.74) is 6.15. The van der Waals surface area contributed by atoms with Gasteiger partial charge in [-0.15, -0.1) is 0 Å². The average molecular weight is 227 g/mol. The molecule has 0 amide bonds. The van der Waals surface area contributed by atoms with Crippen LogP contribution in [-0.2, 0) is 0 Å². The number of benzene rings is 2. The molecule has 3 N–H and O–H groups in total. The smallest absolute Gasteiger partial charge is 0.344 e. The third-order valence-corrected chi connectivity index (χ3v) is 2.72. The molecule has 0 fully saturated rings. The van der Waals surface area contributed by atoms with Gasteiger partial charge in [0, 0.05) is 22.5 Å². The summed E-state index contributed by atoms with van der Waals surface area (Å²) in [5.74, 6) is 0.0413. The second kappa shape index (κ2) is 3.25. The number of fused-ring (bicyclic) bond motifs is 3. The monoisotopic (exact) mass is 227 g/mol. The van der Waals surface area contributed by atoms with Crippen LogP contribution in [0.1, 0.15) is 0 Å². The van der Waals surface area contributed by atoms with Crippen LogP contribution in [0.5, 0.6) is 5.75 Å². The van der Waals surface area contributed by atoms with Crippen molar-refractivity contribution in [2.24, 2.45) is 0 Å². The molecule has 0 saturated heterocycles. The van der Waals surface area contributed by atoms with Crippen LogP contribution < -0.4 is 11.4 Å². The van der Waals surface area contributed by atoms with Crippen molar-refractivity contribution in [1.82, 2.24) is 0 Å². The largest absolute Gasteiger partial charge is 0.508 e. The van der Waals surface area contributed by atoms with Gasteiger partial charge in [-0.2, -0.15) is 0 Å². The summed E-state index contributed by atoms with van der Waals surface area (Å²) in [6.45, 7) is 0. The topological polar surface area (TPSA) is 76.5 Å². The van der Waals surface area contributed by atoms with Crippen molar-refractivity contribution in [3.8, 4) is 5.75 Å². The SMILES string of the molecule is Nc1ccc2c(c1)oc(=O)c1cc(O)ccc12. The molecule has 4 heteroatoms. The minimum atomic E-state index is -0.478. The lowest BCUT2D eigenvalue weighted by molar-refractivity contribution is 0.475. The molecular weight excluding hydrogens is 218 g/mol. The molecule has 3 aromatic rings. The Morgan fingerprint density at radius 3 is 2.59 bits per heavy atom. The number of rotatable bonds is 0. The van der Waals surface area contributed by atoms with Crippen LogP contribution in [0.15, 0.2) is 45.6 Å². The highest BCUT2D eigenvalue weighted by atomic mass is 16.4. The van der Waals surface area contributed by atoms with Crippen LogP contribution in [0.4, 0.5) is 5.69 Å². The van der Waals surface area contributed by atoms with E-state index in [1.165, 1.54) is 12.1 Å². The quantitative estimate of drug-likeness (QED) is 0.351. The zero-order valence-corrected chi connectivity index (χ0v) is 8.81. The van der Waals surface area contributed by atoms with Crippen molar-refractivity contribution in [3.05, 3.63) is 46.8 Å². The average Bonchev–Trinajstić information content (AvgIpc) is 2.29. The highest BCUT2D eigenvalue weighted by Gasteiger charge is 2.07. The molecule has 0 unspecified atom stereocenters. The van der Waals surface area contributed by atoms with Crippen LogP contribution in [0, 0.1) is 0 Å². The van der Waals surface area contributed by atoms with E-state index in [0.29, 0.717) is 16.7 Å². The second-order valence-corrected chi connectivity index (χ2v) is 3.88. The number of anilines is 1. The molecule has 1 aromatic heterocycles. The lowest BCUT2D eigenvalue weighted by atomic mass is 10.1. The molecule has 0 aliphatic carbocycles. The van der Waals surface area contributed by atoms with E-state index >= 15 is 0 Å². The Labute approximate surface area is 95.9 Å². The standard InChI is InChI=1S/C13H9NO3/c14-7-1-3-10-9-4-2-8(15)6-11(9)13(16)17-12(10)5-7/h1-6,15H,14H2. The van der Waals surface area contributed by atoms with Gasteiger partial charge in [0.15, 0.2) is 0 Å². The Balaban J connectivity index is 2.60. The van der Waals surface area contributed by atoms with E-state index in [1.54, 1.807) is 24.3 Å². The minimum absolute atomic E-state index is 0.0413. The van der Waals surface area contributed by atoms with E-state index in [2.05, 4.69) is 0 Å². The second-order valence-electron chi connectivity index (χ2n) is 3.88. The molecule has 0 atom stereocenters. The van der Waals surface area contributed by atoms with Crippen molar-refractivity contribution in [3.63, 3.8) is 0 Å². The maximum absolute atomic E-state index is 11.7. The molecule has 1 heterocycles. The van der Waals surface area contributed by atoms with Gasteiger partial charge in [0.25, 0.3) is 0 Å². The van der Waals surface area contributed by atoms with Gasteiger partial charge in [0.05, 0.1) is 5.39 Å². The van der Waals surface area contributed by atoms with Crippen LogP contribution in [0.3, 0.4) is 0 Å². The normalized spacial score (nSPS) is 11.1. The van der Waals surface area contributed by atoms with E-state index in [4.69, 9.17) is 10.2 Å². The van der Waals surface area contributed by atoms with Crippen molar-refractivity contribution < 1.29 is 9.52 Å². The van der Waals surface area contributed by atoms with E-state index in [-0.39, 0.29) is 5.75 Å². The maximum atomic E-state index is 11.7. The summed E-state index contributed by atoms with van der Waals surface area (Å²) in [6.07, 6.45) is 0. The molecule has 0 radical (unpaired) electrons. The van der Waals surface area contributed by atoms with Gasteiger partial charge in [0.1, 0.15) is 11.3 Å². The molecule has 0 saturated carbocycles. The highest BCUT2D eigenvalue weighted by Crippen LogP contribution is 2.26. The predicted octanol–water partition coefficient (Wildman–Crippen LogP) is 2.23. The molecule has 0 aliphatic rings. The summed E-state index contributed by atoms with van der Waals surface area (Å²) in [7, 11) is 0. The number of hydrogen-bond acceptors (Lipinski definition) is 4. The predicted molar refractivity (Wildman–Crippen MR) is 66.1 cm³/mol. The first kappa shape index (κ1) is 9.72. The summed E-state index contributed by atoms with van der Waals surface area (Å²) in [6, 6.07) is 9.79. The van der Waals surface area contributed by atoms with Crippen molar-refractivity contribution >= 4 is 27.4 Å². The van der Waals surface area contributed by atoms with Gasteiger partial charge < -0.3 is 15.3 Å². The third-order valence-electron chi connectivity index (χ3n) is 2.72. The van der Waals surface area contributed by atoms with Crippen LogP contribution in [0.25, 0.3) is 21.7 Å². The summed E-state index contributed by atoms with van der Waals surface area (Å²) >= 11 is 0. The molecule has 0 bridgehead atoms. The van der Waals surface area contributed by atoms with Crippen LogP contribution >= 0.6 is 0 Å². The zero-order chi connectivity index (χ0) is 12.0. The zero-order valence-electron chi connectivity index (χ0n) is 8.81. The van der Waals surface area contributed by atoms with Crippen LogP contribution in [0.2, 0.25) is 0 Å². The molecule has 2 aromatic carbocycles. The lowest BCUT2D eigenvalue weighted by Gasteiger charge is -2.03. The van der Waals surface area contributed by atoms with E-state index in [0.717, 1.165) is 10.8 Å². The fourth-order valence-corrected chi connectivity index (χ4v) is 1.94. The first-order valence-electron chi connectivity index (χ1n) is 5.10. The number of phenols is 1. The molecular formula is C13H9NO3. The molecule has 84 valence electrons. The minimum Gasteiger partial charge on any atom is -0.508 e. The first-order valence-corrected chi connectivity index (χ1v) is 5.10. The van der Waals surface area contributed by atoms with Crippen LogP contribution in [-0.4, -0.2) is 5.11 Å². The Hall–Kier alpha value is -2.49. The number of nitrogens with two attached hydrogens (primary N) is 1. The van der Waals surface area contributed by atoms with Gasteiger partial charge in [-0.05, 0) is 30.3 Å². The fourth-order valence-electron chi connectivity index (χ4n) is 1.94. The Kier molecular flexibility index (Phi) is 1.86.